The van der Waals surface area contributed by atoms with Gasteiger partial charge in [0.05, 0.1) is 17.9 Å². The molecule has 0 aliphatic rings. The molecule has 0 spiro atoms. The minimum Gasteiger partial charge on any atom is -0.373 e. The molecule has 1 heterocycles. The second-order valence-corrected chi connectivity index (χ2v) is 4.77. The number of anilines is 1. The zero-order valence-electron chi connectivity index (χ0n) is 11.4. The number of halogens is 1. The molecule has 21 heavy (non-hydrogen) atoms. The number of aromatic nitrogens is 1. The molecule has 0 amide bonds. The van der Waals surface area contributed by atoms with Gasteiger partial charge in [-0.3, -0.25) is 0 Å². The van der Waals surface area contributed by atoms with E-state index < -0.39 is 5.95 Å². The smallest absolute Gasteiger partial charge is 0.212 e. The lowest BCUT2D eigenvalue weighted by Crippen LogP contribution is -2.12. The van der Waals surface area contributed by atoms with E-state index in [9.17, 15) is 4.39 Å². The van der Waals surface area contributed by atoms with Gasteiger partial charge in [0, 0.05) is 0 Å². The molecule has 104 valence electrons. The summed E-state index contributed by atoms with van der Waals surface area (Å²) in [6.45, 7) is 0. The summed E-state index contributed by atoms with van der Waals surface area (Å²) in [6, 6.07) is 23.4. The average molecular weight is 278 g/mol. The Labute approximate surface area is 123 Å². The number of nitrogens with one attached hydrogen (secondary N) is 1. The first-order chi connectivity index (χ1) is 10.3. The molecule has 0 fully saturated rings. The second kappa shape index (κ2) is 6.18. The largest absolute Gasteiger partial charge is 0.373 e. The van der Waals surface area contributed by atoms with Gasteiger partial charge in [0.1, 0.15) is 0 Å². The Morgan fingerprint density at radius 1 is 0.762 bits per heavy atom. The van der Waals surface area contributed by atoms with Crippen LogP contribution in [0.25, 0.3) is 0 Å². The molecular weight excluding hydrogens is 263 g/mol. The maximum Gasteiger partial charge on any atom is 0.212 e. The molecule has 3 rings (SSSR count). The van der Waals surface area contributed by atoms with E-state index in [4.69, 9.17) is 0 Å². The first-order valence-electron chi connectivity index (χ1n) is 6.81. The third-order valence-corrected chi connectivity index (χ3v) is 3.30. The molecule has 1 N–H and O–H groups in total. The van der Waals surface area contributed by atoms with Crippen LogP contribution in [0.4, 0.5) is 10.1 Å². The minimum absolute atomic E-state index is 0.000314. The second-order valence-electron chi connectivity index (χ2n) is 4.77. The summed E-state index contributed by atoms with van der Waals surface area (Å²) in [7, 11) is 0. The summed E-state index contributed by atoms with van der Waals surface area (Å²) in [4.78, 5) is 3.69. The van der Waals surface area contributed by atoms with Crippen LogP contribution in [0.5, 0.6) is 0 Å². The van der Waals surface area contributed by atoms with Crippen molar-refractivity contribution in [1.82, 2.24) is 4.98 Å². The summed E-state index contributed by atoms with van der Waals surface area (Å²) < 4.78 is 12.9. The van der Waals surface area contributed by atoms with Crippen molar-refractivity contribution in [2.45, 2.75) is 6.04 Å². The molecule has 0 aliphatic heterocycles. The van der Waals surface area contributed by atoms with Crippen molar-refractivity contribution in [3.63, 3.8) is 0 Å². The van der Waals surface area contributed by atoms with E-state index in [0.29, 0.717) is 0 Å². The number of nitrogens with zero attached hydrogens (tertiary/aromatic N) is 1. The third kappa shape index (κ3) is 3.26. The topological polar surface area (TPSA) is 24.9 Å². The molecule has 0 saturated carbocycles. The van der Waals surface area contributed by atoms with Gasteiger partial charge in [-0.05, 0) is 23.3 Å². The molecule has 3 heteroatoms. The molecule has 0 unspecified atom stereocenters. The van der Waals surface area contributed by atoms with E-state index in [1.807, 2.05) is 36.4 Å². The van der Waals surface area contributed by atoms with Gasteiger partial charge < -0.3 is 5.32 Å². The van der Waals surface area contributed by atoms with Gasteiger partial charge in [-0.2, -0.15) is 4.39 Å². The van der Waals surface area contributed by atoms with Crippen molar-refractivity contribution < 1.29 is 4.39 Å². The van der Waals surface area contributed by atoms with Gasteiger partial charge in [-0.15, -0.1) is 0 Å². The van der Waals surface area contributed by atoms with Crippen LogP contribution < -0.4 is 5.32 Å². The summed E-state index contributed by atoms with van der Waals surface area (Å²) >= 11 is 0. The fraction of sp³-hybridized carbons (Fsp3) is 0.0556. The number of hydrogen-bond acceptors (Lipinski definition) is 2. The standard InChI is InChI=1S/C18H15FN2/c19-17-12-11-16(13-20-17)21-18(14-7-3-1-4-8-14)15-9-5-2-6-10-15/h1-13,18,21H. The number of hydrogen-bond donors (Lipinski definition) is 1. The Hall–Kier alpha value is -2.68. The molecule has 0 bridgehead atoms. The Morgan fingerprint density at radius 2 is 1.33 bits per heavy atom. The van der Waals surface area contributed by atoms with Crippen molar-refractivity contribution in [1.29, 1.82) is 0 Å². The van der Waals surface area contributed by atoms with Crippen molar-refractivity contribution >= 4 is 5.69 Å². The molecule has 0 aliphatic carbocycles. The summed E-state index contributed by atoms with van der Waals surface area (Å²) in [5.74, 6) is -0.475. The normalized spacial score (nSPS) is 10.6. The van der Waals surface area contributed by atoms with Crippen LogP contribution in [0, 0.1) is 5.95 Å². The fourth-order valence-electron chi connectivity index (χ4n) is 2.28. The average Bonchev–Trinajstić information content (AvgIpc) is 2.56. The van der Waals surface area contributed by atoms with Crippen LogP contribution in [0.2, 0.25) is 0 Å². The molecule has 3 aromatic rings. The van der Waals surface area contributed by atoms with Crippen molar-refractivity contribution in [3.8, 4) is 0 Å². The summed E-state index contributed by atoms with van der Waals surface area (Å²) in [6.07, 6.45) is 1.51. The van der Waals surface area contributed by atoms with Crippen LogP contribution in [0.1, 0.15) is 17.2 Å². The number of benzene rings is 2. The number of rotatable bonds is 4. The third-order valence-electron chi connectivity index (χ3n) is 3.30. The predicted octanol–water partition coefficient (Wildman–Crippen LogP) is 4.42. The Kier molecular flexibility index (Phi) is 3.92. The van der Waals surface area contributed by atoms with Gasteiger partial charge >= 0.3 is 0 Å². The molecule has 0 atom stereocenters. The Bertz CT molecular complexity index is 642. The molecule has 1 aromatic heterocycles. The lowest BCUT2D eigenvalue weighted by Gasteiger charge is -2.20. The van der Waals surface area contributed by atoms with Crippen LogP contribution in [0.3, 0.4) is 0 Å². The van der Waals surface area contributed by atoms with E-state index in [-0.39, 0.29) is 6.04 Å². The monoisotopic (exact) mass is 278 g/mol. The van der Waals surface area contributed by atoms with E-state index >= 15 is 0 Å². The highest BCUT2D eigenvalue weighted by Crippen LogP contribution is 2.26. The van der Waals surface area contributed by atoms with Crippen LogP contribution in [-0.2, 0) is 0 Å². The summed E-state index contributed by atoms with van der Waals surface area (Å²) in [5, 5.41) is 3.41. The first-order valence-corrected chi connectivity index (χ1v) is 6.81. The maximum atomic E-state index is 12.9. The minimum atomic E-state index is -0.475. The lowest BCUT2D eigenvalue weighted by atomic mass is 9.98. The highest BCUT2D eigenvalue weighted by Gasteiger charge is 2.13. The molecule has 0 radical (unpaired) electrons. The van der Waals surface area contributed by atoms with Crippen molar-refractivity contribution in [3.05, 3.63) is 96.1 Å². The zero-order valence-corrected chi connectivity index (χ0v) is 11.4. The molecule has 2 nitrogen and oxygen atoms in total. The van der Waals surface area contributed by atoms with Crippen molar-refractivity contribution in [2.75, 3.05) is 5.32 Å². The van der Waals surface area contributed by atoms with Gasteiger partial charge in [0.25, 0.3) is 0 Å². The molecular formula is C18H15FN2. The summed E-state index contributed by atoms with van der Waals surface area (Å²) in [5.41, 5.74) is 3.08. The van der Waals surface area contributed by atoms with Gasteiger partial charge in [-0.25, -0.2) is 4.98 Å². The van der Waals surface area contributed by atoms with Crippen molar-refractivity contribution in [2.24, 2.45) is 0 Å². The highest BCUT2D eigenvalue weighted by molar-refractivity contribution is 5.47. The van der Waals surface area contributed by atoms with Crippen LogP contribution in [-0.4, -0.2) is 4.98 Å². The van der Waals surface area contributed by atoms with Gasteiger partial charge in [0.15, 0.2) is 0 Å². The SMILES string of the molecule is Fc1ccc(NC(c2ccccc2)c2ccccc2)cn1. The Balaban J connectivity index is 1.95. The lowest BCUT2D eigenvalue weighted by molar-refractivity contribution is 0.584. The van der Waals surface area contributed by atoms with E-state index in [2.05, 4.69) is 34.6 Å². The van der Waals surface area contributed by atoms with Crippen LogP contribution >= 0.6 is 0 Å². The highest BCUT2D eigenvalue weighted by atomic mass is 19.1. The quantitative estimate of drug-likeness (QED) is 0.714. The van der Waals surface area contributed by atoms with E-state index in [0.717, 1.165) is 16.8 Å². The van der Waals surface area contributed by atoms with E-state index in [1.165, 1.54) is 12.3 Å². The fourth-order valence-corrected chi connectivity index (χ4v) is 2.28. The Morgan fingerprint density at radius 3 is 1.81 bits per heavy atom. The number of pyridine rings is 1. The van der Waals surface area contributed by atoms with Crippen LogP contribution in [0.15, 0.2) is 79.0 Å². The van der Waals surface area contributed by atoms with Gasteiger partial charge in [-0.1, -0.05) is 60.7 Å². The zero-order chi connectivity index (χ0) is 14.5. The van der Waals surface area contributed by atoms with Gasteiger partial charge in [0.2, 0.25) is 5.95 Å². The molecule has 0 saturated heterocycles. The molecule has 2 aromatic carbocycles. The predicted molar refractivity (Wildman–Crippen MR) is 82.5 cm³/mol. The maximum absolute atomic E-state index is 12.9. The first kappa shape index (κ1) is 13.3. The van der Waals surface area contributed by atoms with E-state index in [1.54, 1.807) is 6.07 Å².